The topological polar surface area (TPSA) is 49.4 Å². The number of amides is 2. The van der Waals surface area contributed by atoms with E-state index in [1.807, 2.05) is 41.3 Å². The lowest BCUT2D eigenvalue weighted by molar-refractivity contribution is -0.132. The van der Waals surface area contributed by atoms with Crippen molar-refractivity contribution >= 4 is 17.9 Å². The van der Waals surface area contributed by atoms with Crippen molar-refractivity contribution in [2.75, 3.05) is 19.6 Å². The van der Waals surface area contributed by atoms with Crippen LogP contribution in [0.15, 0.2) is 35.9 Å². The summed E-state index contributed by atoms with van der Waals surface area (Å²) in [5.41, 5.74) is 1.58. The first kappa shape index (κ1) is 15.3. The molecule has 112 valence electrons. The molecule has 0 unspecified atom stereocenters. The fourth-order valence-electron chi connectivity index (χ4n) is 2.42. The maximum Gasteiger partial charge on any atom is 0.247 e. The van der Waals surface area contributed by atoms with Crippen LogP contribution in [0.1, 0.15) is 31.7 Å². The van der Waals surface area contributed by atoms with E-state index in [9.17, 15) is 9.59 Å². The largest absolute Gasteiger partial charge is 0.343 e. The second-order valence-corrected chi connectivity index (χ2v) is 5.36. The molecule has 0 aromatic heterocycles. The average Bonchev–Trinajstić information content (AvgIpc) is 2.54. The van der Waals surface area contributed by atoms with E-state index in [0.717, 1.165) is 31.5 Å². The van der Waals surface area contributed by atoms with E-state index in [4.69, 9.17) is 0 Å². The van der Waals surface area contributed by atoms with Crippen molar-refractivity contribution in [2.24, 2.45) is 0 Å². The zero-order chi connectivity index (χ0) is 15.1. The molecular formula is C17H22N2O2. The number of hydrogen-bond donors (Lipinski definition) is 1. The second kappa shape index (κ2) is 7.62. The first-order chi connectivity index (χ1) is 10.2. The highest BCUT2D eigenvalue weighted by Crippen LogP contribution is 2.09. The van der Waals surface area contributed by atoms with Gasteiger partial charge in [0, 0.05) is 18.7 Å². The quantitative estimate of drug-likeness (QED) is 0.863. The van der Waals surface area contributed by atoms with Crippen molar-refractivity contribution in [3.8, 4) is 0 Å². The summed E-state index contributed by atoms with van der Waals surface area (Å²) in [5.74, 6) is -0.181. The number of piperidine rings is 1. The van der Waals surface area contributed by atoms with Crippen molar-refractivity contribution in [1.29, 1.82) is 0 Å². The predicted molar refractivity (Wildman–Crippen MR) is 83.5 cm³/mol. The van der Waals surface area contributed by atoms with Crippen LogP contribution >= 0.6 is 0 Å². The first-order valence-electron chi connectivity index (χ1n) is 7.46. The minimum atomic E-state index is -0.191. The van der Waals surface area contributed by atoms with E-state index < -0.39 is 0 Å². The number of benzene rings is 1. The van der Waals surface area contributed by atoms with Crippen molar-refractivity contribution < 1.29 is 9.59 Å². The van der Waals surface area contributed by atoms with Gasteiger partial charge in [-0.2, -0.15) is 0 Å². The zero-order valence-electron chi connectivity index (χ0n) is 12.5. The number of rotatable bonds is 4. The Hall–Kier alpha value is -2.10. The fourth-order valence-corrected chi connectivity index (χ4v) is 2.42. The van der Waals surface area contributed by atoms with Gasteiger partial charge in [0.15, 0.2) is 0 Å². The molecule has 1 fully saturated rings. The number of likely N-dealkylation sites (tertiary alicyclic amines) is 1. The molecule has 21 heavy (non-hydrogen) atoms. The molecule has 0 aliphatic carbocycles. The molecule has 1 saturated heterocycles. The molecule has 0 radical (unpaired) electrons. The van der Waals surface area contributed by atoms with Crippen LogP contribution in [-0.4, -0.2) is 36.3 Å². The predicted octanol–water partition coefficient (Wildman–Crippen LogP) is 2.22. The highest BCUT2D eigenvalue weighted by Gasteiger charge is 2.17. The Labute approximate surface area is 125 Å². The van der Waals surface area contributed by atoms with Crippen LogP contribution in [0.2, 0.25) is 0 Å². The number of nitrogens with one attached hydrogen (secondary N) is 1. The van der Waals surface area contributed by atoms with Crippen LogP contribution in [0, 0.1) is 0 Å². The normalized spacial score (nSPS) is 15.7. The molecule has 1 aromatic carbocycles. The maximum atomic E-state index is 12.0. The molecule has 0 bridgehead atoms. The van der Waals surface area contributed by atoms with E-state index in [0.29, 0.717) is 5.57 Å². The Morgan fingerprint density at radius 3 is 2.48 bits per heavy atom. The van der Waals surface area contributed by atoms with E-state index in [2.05, 4.69) is 5.32 Å². The smallest absolute Gasteiger partial charge is 0.247 e. The standard InChI is InChI=1S/C17H22N2O2/c1-14(12-15-8-4-2-5-9-15)17(21)18-13-16(20)19-10-6-3-7-11-19/h2,4-5,8-9,12H,3,6-7,10-11,13H2,1H3,(H,18,21)/b14-12+. The molecule has 1 aromatic rings. The molecule has 1 N–H and O–H groups in total. The summed E-state index contributed by atoms with van der Waals surface area (Å²) >= 11 is 0. The van der Waals surface area contributed by atoms with Gasteiger partial charge in [0.2, 0.25) is 11.8 Å². The molecule has 1 aliphatic rings. The van der Waals surface area contributed by atoms with Crippen LogP contribution in [0.5, 0.6) is 0 Å². The van der Waals surface area contributed by atoms with Gasteiger partial charge in [0.1, 0.15) is 0 Å². The third-order valence-electron chi connectivity index (χ3n) is 3.65. The highest BCUT2D eigenvalue weighted by atomic mass is 16.2. The van der Waals surface area contributed by atoms with E-state index >= 15 is 0 Å². The molecule has 4 nitrogen and oxygen atoms in total. The monoisotopic (exact) mass is 286 g/mol. The molecule has 2 rings (SSSR count). The number of nitrogens with zero attached hydrogens (tertiary/aromatic N) is 1. The molecule has 4 heteroatoms. The van der Waals surface area contributed by atoms with Crippen molar-refractivity contribution in [1.82, 2.24) is 10.2 Å². The van der Waals surface area contributed by atoms with Gasteiger partial charge in [-0.15, -0.1) is 0 Å². The summed E-state index contributed by atoms with van der Waals surface area (Å²) in [5, 5.41) is 2.70. The summed E-state index contributed by atoms with van der Waals surface area (Å²) in [6.45, 7) is 3.47. The van der Waals surface area contributed by atoms with Crippen LogP contribution in [0.25, 0.3) is 6.08 Å². The van der Waals surface area contributed by atoms with Crippen LogP contribution in [0.3, 0.4) is 0 Å². The summed E-state index contributed by atoms with van der Waals surface area (Å²) in [6.07, 6.45) is 5.13. The van der Waals surface area contributed by atoms with Crippen molar-refractivity contribution in [2.45, 2.75) is 26.2 Å². The van der Waals surface area contributed by atoms with Gasteiger partial charge in [-0.25, -0.2) is 0 Å². The molecule has 1 aliphatic heterocycles. The van der Waals surface area contributed by atoms with Gasteiger partial charge >= 0.3 is 0 Å². The molecular weight excluding hydrogens is 264 g/mol. The molecule has 2 amide bonds. The summed E-state index contributed by atoms with van der Waals surface area (Å²) < 4.78 is 0. The van der Waals surface area contributed by atoms with Gasteiger partial charge in [-0.3, -0.25) is 9.59 Å². The lowest BCUT2D eigenvalue weighted by Crippen LogP contribution is -2.42. The summed E-state index contributed by atoms with van der Waals surface area (Å²) in [4.78, 5) is 25.8. The van der Waals surface area contributed by atoms with Crippen LogP contribution in [-0.2, 0) is 9.59 Å². The Morgan fingerprint density at radius 1 is 1.14 bits per heavy atom. The van der Waals surface area contributed by atoms with Crippen LogP contribution in [0.4, 0.5) is 0 Å². The van der Waals surface area contributed by atoms with Crippen LogP contribution < -0.4 is 5.32 Å². The minimum absolute atomic E-state index is 0.00978. The number of carbonyl (C=O) groups excluding carboxylic acids is 2. The summed E-state index contributed by atoms with van der Waals surface area (Å²) in [7, 11) is 0. The molecule has 0 spiro atoms. The van der Waals surface area contributed by atoms with Gasteiger partial charge in [0.05, 0.1) is 6.54 Å². The van der Waals surface area contributed by atoms with Crippen molar-refractivity contribution in [3.63, 3.8) is 0 Å². The average molecular weight is 286 g/mol. The molecule has 0 atom stereocenters. The zero-order valence-corrected chi connectivity index (χ0v) is 12.5. The van der Waals surface area contributed by atoms with Gasteiger partial charge in [0.25, 0.3) is 0 Å². The van der Waals surface area contributed by atoms with Crippen molar-refractivity contribution in [3.05, 3.63) is 41.5 Å². The molecule has 1 heterocycles. The Bertz CT molecular complexity index is 517. The highest BCUT2D eigenvalue weighted by molar-refractivity contribution is 5.98. The van der Waals surface area contributed by atoms with E-state index in [1.54, 1.807) is 6.92 Å². The van der Waals surface area contributed by atoms with E-state index in [1.165, 1.54) is 6.42 Å². The fraction of sp³-hybridized carbons (Fsp3) is 0.412. The third-order valence-corrected chi connectivity index (χ3v) is 3.65. The lowest BCUT2D eigenvalue weighted by Gasteiger charge is -2.26. The van der Waals surface area contributed by atoms with Gasteiger partial charge in [-0.05, 0) is 37.8 Å². The number of hydrogen-bond acceptors (Lipinski definition) is 2. The second-order valence-electron chi connectivity index (χ2n) is 5.36. The Balaban J connectivity index is 1.83. The first-order valence-corrected chi connectivity index (χ1v) is 7.46. The third kappa shape index (κ3) is 4.74. The Kier molecular flexibility index (Phi) is 5.55. The Morgan fingerprint density at radius 2 is 1.81 bits per heavy atom. The minimum Gasteiger partial charge on any atom is -0.343 e. The summed E-state index contributed by atoms with van der Waals surface area (Å²) in [6, 6.07) is 9.67. The van der Waals surface area contributed by atoms with E-state index in [-0.39, 0.29) is 18.4 Å². The lowest BCUT2D eigenvalue weighted by atomic mass is 10.1. The maximum absolute atomic E-state index is 12.0. The molecule has 0 saturated carbocycles. The van der Waals surface area contributed by atoms with Gasteiger partial charge < -0.3 is 10.2 Å². The number of carbonyl (C=O) groups is 2. The SMILES string of the molecule is C/C(=C\c1ccccc1)C(=O)NCC(=O)N1CCCCC1. The van der Waals surface area contributed by atoms with Gasteiger partial charge in [-0.1, -0.05) is 30.3 Å².